The summed E-state index contributed by atoms with van der Waals surface area (Å²) in [4.78, 5) is 8.41. The Morgan fingerprint density at radius 1 is 1.29 bits per heavy atom. The van der Waals surface area contributed by atoms with E-state index in [2.05, 4.69) is 15.4 Å². The quantitative estimate of drug-likeness (QED) is 0.644. The summed E-state index contributed by atoms with van der Waals surface area (Å²) in [5.41, 5.74) is 4.43. The summed E-state index contributed by atoms with van der Waals surface area (Å²) in [5.74, 6) is 6.29. The van der Waals surface area contributed by atoms with Crippen molar-refractivity contribution in [1.82, 2.24) is 15.4 Å². The van der Waals surface area contributed by atoms with E-state index in [0.717, 1.165) is 11.3 Å². The molecule has 0 amide bonds. The molecule has 1 aromatic heterocycles. The highest BCUT2D eigenvalue weighted by molar-refractivity contribution is 6.31. The van der Waals surface area contributed by atoms with Crippen molar-refractivity contribution >= 4 is 11.6 Å². The fraction of sp³-hybridized carbons (Fsp3) is 0.167. The van der Waals surface area contributed by atoms with Gasteiger partial charge in [0.2, 0.25) is 0 Å². The second-order valence-corrected chi connectivity index (χ2v) is 4.06. The zero-order valence-electron chi connectivity index (χ0n) is 9.39. The highest BCUT2D eigenvalue weighted by Gasteiger charge is 2.16. The van der Waals surface area contributed by atoms with Gasteiger partial charge < -0.3 is 0 Å². The van der Waals surface area contributed by atoms with Gasteiger partial charge in [-0.1, -0.05) is 29.8 Å². The Morgan fingerprint density at radius 2 is 2.06 bits per heavy atom. The van der Waals surface area contributed by atoms with Gasteiger partial charge in [0.1, 0.15) is 5.82 Å². The monoisotopic (exact) mass is 248 g/mol. The number of hydrazine groups is 1. The van der Waals surface area contributed by atoms with Crippen LogP contribution < -0.4 is 11.3 Å². The van der Waals surface area contributed by atoms with E-state index in [1.807, 2.05) is 37.3 Å². The Balaban J connectivity index is 2.44. The number of nitrogens with one attached hydrogen (secondary N) is 1. The third-order valence-electron chi connectivity index (χ3n) is 2.48. The smallest absolute Gasteiger partial charge is 0.125 e. The van der Waals surface area contributed by atoms with Gasteiger partial charge in [-0.15, -0.1) is 0 Å². The summed E-state index contributed by atoms with van der Waals surface area (Å²) in [6, 6.07) is 9.13. The molecule has 0 saturated carbocycles. The van der Waals surface area contributed by atoms with Crippen LogP contribution in [-0.2, 0) is 0 Å². The Labute approximate surface area is 105 Å². The first-order valence-corrected chi connectivity index (χ1v) is 5.60. The number of hydrogen-bond donors (Lipinski definition) is 2. The van der Waals surface area contributed by atoms with Crippen LogP contribution in [0, 0.1) is 6.92 Å². The van der Waals surface area contributed by atoms with Crippen molar-refractivity contribution in [2.24, 2.45) is 5.84 Å². The number of hydrogen-bond acceptors (Lipinski definition) is 4. The molecule has 0 aliphatic rings. The third-order valence-corrected chi connectivity index (χ3v) is 2.82. The summed E-state index contributed by atoms with van der Waals surface area (Å²) in [6.07, 6.45) is 1.71. The number of halogens is 1. The molecule has 4 nitrogen and oxygen atoms in total. The Hall–Kier alpha value is -1.49. The second kappa shape index (κ2) is 5.23. The molecule has 2 rings (SSSR count). The van der Waals surface area contributed by atoms with Crippen LogP contribution >= 0.6 is 11.6 Å². The molecule has 0 saturated heterocycles. The predicted molar refractivity (Wildman–Crippen MR) is 67.4 cm³/mol. The molecule has 1 unspecified atom stereocenters. The highest BCUT2D eigenvalue weighted by Crippen LogP contribution is 2.26. The Kier molecular flexibility index (Phi) is 3.68. The molecular formula is C12H13ClN4. The van der Waals surface area contributed by atoms with Gasteiger partial charge >= 0.3 is 0 Å². The summed E-state index contributed by atoms with van der Waals surface area (Å²) in [6.45, 7) is 1.84. The van der Waals surface area contributed by atoms with E-state index in [0.29, 0.717) is 10.8 Å². The molecule has 3 N–H and O–H groups in total. The number of aryl methyl sites for hydroxylation is 1. The molecule has 88 valence electrons. The summed E-state index contributed by atoms with van der Waals surface area (Å²) >= 11 is 6.15. The maximum Gasteiger partial charge on any atom is 0.125 e. The maximum absolute atomic E-state index is 6.15. The third kappa shape index (κ3) is 2.61. The SMILES string of the molecule is Cc1nccc(C(NN)c2ccccc2Cl)n1. The topological polar surface area (TPSA) is 63.8 Å². The van der Waals surface area contributed by atoms with E-state index in [1.54, 1.807) is 6.20 Å². The van der Waals surface area contributed by atoms with E-state index >= 15 is 0 Å². The number of aromatic nitrogens is 2. The maximum atomic E-state index is 6.15. The normalized spacial score (nSPS) is 12.4. The van der Waals surface area contributed by atoms with Crippen LogP contribution in [0.3, 0.4) is 0 Å². The van der Waals surface area contributed by atoms with E-state index in [1.165, 1.54) is 0 Å². The lowest BCUT2D eigenvalue weighted by Crippen LogP contribution is -2.29. The predicted octanol–water partition coefficient (Wildman–Crippen LogP) is 1.99. The van der Waals surface area contributed by atoms with Crippen LogP contribution in [0.2, 0.25) is 5.02 Å². The Bertz CT molecular complexity index is 515. The van der Waals surface area contributed by atoms with Crippen LogP contribution in [0.15, 0.2) is 36.5 Å². The first-order chi connectivity index (χ1) is 8.22. The largest absolute Gasteiger partial charge is 0.271 e. The van der Waals surface area contributed by atoms with Crippen molar-refractivity contribution in [3.63, 3.8) is 0 Å². The minimum absolute atomic E-state index is 0.231. The first-order valence-electron chi connectivity index (χ1n) is 5.22. The average Bonchev–Trinajstić information content (AvgIpc) is 2.33. The minimum Gasteiger partial charge on any atom is -0.271 e. The van der Waals surface area contributed by atoms with Crippen molar-refractivity contribution in [2.45, 2.75) is 13.0 Å². The molecule has 1 atom stereocenters. The second-order valence-electron chi connectivity index (χ2n) is 3.65. The van der Waals surface area contributed by atoms with Crippen LogP contribution in [-0.4, -0.2) is 9.97 Å². The molecule has 5 heteroatoms. The number of nitrogens with two attached hydrogens (primary N) is 1. The van der Waals surface area contributed by atoms with E-state index in [4.69, 9.17) is 17.4 Å². The number of rotatable bonds is 3. The molecule has 0 fully saturated rings. The standard InChI is InChI=1S/C12H13ClN4/c1-8-15-7-6-11(16-8)12(17-14)9-4-2-3-5-10(9)13/h2-7,12,17H,14H2,1H3. The summed E-state index contributed by atoms with van der Waals surface area (Å²) in [5, 5.41) is 0.659. The molecular weight excluding hydrogens is 236 g/mol. The fourth-order valence-electron chi connectivity index (χ4n) is 1.68. The fourth-order valence-corrected chi connectivity index (χ4v) is 1.92. The van der Waals surface area contributed by atoms with Crippen molar-refractivity contribution in [2.75, 3.05) is 0 Å². The molecule has 1 heterocycles. The van der Waals surface area contributed by atoms with Gasteiger partial charge in [-0.2, -0.15) is 0 Å². The number of benzene rings is 1. The van der Waals surface area contributed by atoms with Crippen molar-refractivity contribution in [3.05, 3.63) is 58.6 Å². The van der Waals surface area contributed by atoms with Crippen molar-refractivity contribution < 1.29 is 0 Å². The van der Waals surface area contributed by atoms with Crippen LogP contribution in [0.5, 0.6) is 0 Å². The molecule has 0 spiro atoms. The van der Waals surface area contributed by atoms with Gasteiger partial charge in [0.25, 0.3) is 0 Å². The molecule has 0 radical (unpaired) electrons. The number of nitrogens with zero attached hydrogens (tertiary/aromatic N) is 2. The Morgan fingerprint density at radius 3 is 2.71 bits per heavy atom. The molecule has 1 aromatic carbocycles. The van der Waals surface area contributed by atoms with Crippen molar-refractivity contribution in [3.8, 4) is 0 Å². The van der Waals surface area contributed by atoms with E-state index in [-0.39, 0.29) is 6.04 Å². The molecule has 17 heavy (non-hydrogen) atoms. The van der Waals surface area contributed by atoms with Crippen LogP contribution in [0.1, 0.15) is 23.1 Å². The van der Waals surface area contributed by atoms with Crippen LogP contribution in [0.25, 0.3) is 0 Å². The zero-order valence-corrected chi connectivity index (χ0v) is 10.1. The van der Waals surface area contributed by atoms with Gasteiger partial charge in [0.05, 0.1) is 11.7 Å². The summed E-state index contributed by atoms with van der Waals surface area (Å²) in [7, 11) is 0. The average molecular weight is 249 g/mol. The molecule has 0 aliphatic heterocycles. The minimum atomic E-state index is -0.231. The lowest BCUT2D eigenvalue weighted by molar-refractivity contribution is 0.616. The van der Waals surface area contributed by atoms with Gasteiger partial charge in [-0.05, 0) is 24.6 Å². The highest BCUT2D eigenvalue weighted by atomic mass is 35.5. The molecule has 0 bridgehead atoms. The van der Waals surface area contributed by atoms with Gasteiger partial charge in [-0.3, -0.25) is 5.84 Å². The lowest BCUT2D eigenvalue weighted by atomic mass is 10.0. The summed E-state index contributed by atoms with van der Waals surface area (Å²) < 4.78 is 0. The van der Waals surface area contributed by atoms with Crippen LogP contribution in [0.4, 0.5) is 0 Å². The first kappa shape index (κ1) is 12.0. The lowest BCUT2D eigenvalue weighted by Gasteiger charge is -2.17. The molecule has 2 aromatic rings. The van der Waals surface area contributed by atoms with Gasteiger partial charge in [-0.25, -0.2) is 15.4 Å². The van der Waals surface area contributed by atoms with E-state index < -0.39 is 0 Å². The van der Waals surface area contributed by atoms with Gasteiger partial charge in [0.15, 0.2) is 0 Å². The van der Waals surface area contributed by atoms with E-state index in [9.17, 15) is 0 Å². The van der Waals surface area contributed by atoms with Gasteiger partial charge in [0, 0.05) is 11.2 Å². The van der Waals surface area contributed by atoms with Crippen molar-refractivity contribution in [1.29, 1.82) is 0 Å². The zero-order chi connectivity index (χ0) is 12.3. The molecule has 0 aliphatic carbocycles.